The van der Waals surface area contributed by atoms with Crippen LogP contribution in [0.1, 0.15) is 73.1 Å². The molecule has 3 unspecified atom stereocenters. The van der Waals surface area contributed by atoms with Crippen molar-refractivity contribution in [1.82, 2.24) is 35.2 Å². The van der Waals surface area contributed by atoms with Crippen LogP contribution in [0, 0.1) is 23.5 Å². The lowest BCUT2D eigenvalue weighted by molar-refractivity contribution is -0.143. The fourth-order valence-electron chi connectivity index (χ4n) is 7.61. The number of halogens is 11. The smallest absolute Gasteiger partial charge is 0.350 e. The number of alkyl halides is 8. The molecule has 0 radical (unpaired) electrons. The first-order valence-corrected chi connectivity index (χ1v) is 23.3. The van der Waals surface area contributed by atoms with Gasteiger partial charge in [0.25, 0.3) is 11.8 Å². The zero-order valence-corrected chi connectivity index (χ0v) is 38.4. The molecule has 0 fully saturated rings. The Bertz CT molecular complexity index is 2930. The third kappa shape index (κ3) is 11.0. The van der Waals surface area contributed by atoms with E-state index in [2.05, 4.69) is 37.7 Å². The average Bonchev–Trinajstić information content (AvgIpc) is 3.85. The molecule has 364 valence electrons. The minimum Gasteiger partial charge on any atom is -0.350 e. The van der Waals surface area contributed by atoms with Gasteiger partial charge in [-0.2, -0.15) is 45.3 Å². The van der Waals surface area contributed by atoms with Crippen LogP contribution in [0.2, 0.25) is 5.02 Å². The highest BCUT2D eigenvalue weighted by atomic mass is 35.5. The number of hydrogen-bond acceptors (Lipinski definition) is 8. The van der Waals surface area contributed by atoms with Crippen molar-refractivity contribution in [2.45, 2.75) is 81.7 Å². The molecule has 3 amide bonds. The quantitative estimate of drug-likeness (QED) is 0.0662. The number of benzene rings is 2. The molecule has 0 bridgehead atoms. The van der Waals surface area contributed by atoms with Gasteiger partial charge in [-0.15, -0.1) is 0 Å². The van der Waals surface area contributed by atoms with Crippen molar-refractivity contribution < 1.29 is 66.7 Å². The Hall–Kier alpha value is -5.87. The Balaban J connectivity index is 1.64. The Morgan fingerprint density at radius 1 is 1.00 bits per heavy atom. The minimum absolute atomic E-state index is 0.135. The minimum atomic E-state index is -5.21. The molecule has 3 heterocycles. The molecule has 1 aliphatic rings. The molecule has 0 saturated carbocycles. The molecule has 0 spiro atoms. The SMILES string of the molecule is C[C@H]1CC(F)(F)c2c1c(C(F)(F)F)nn2CC(=O)NC(Cc1cc(F)cc(F)c1)c1nc(C#CC(C)(C)S(C)=O)ccc1-c1ccc(Cl)c2c(N(C(=O)CNC=O)S(C)=O)nn(CC(F)(F)F)c12. The third-order valence-electron chi connectivity index (χ3n) is 10.6. The number of anilines is 1. The van der Waals surface area contributed by atoms with E-state index < -0.39 is 141 Å². The summed E-state index contributed by atoms with van der Waals surface area (Å²) in [6.45, 7) is 0.274. The number of amides is 3. The second kappa shape index (κ2) is 19.3. The van der Waals surface area contributed by atoms with Crippen molar-refractivity contribution in [3.05, 3.63) is 93.0 Å². The summed E-state index contributed by atoms with van der Waals surface area (Å²) in [5.74, 6) is -4.91. The number of aromatic nitrogens is 5. The second-order valence-corrected chi connectivity index (χ2v) is 19.6. The molecule has 2 aromatic carbocycles. The van der Waals surface area contributed by atoms with E-state index in [1.807, 2.05) is 0 Å². The van der Waals surface area contributed by atoms with Crippen LogP contribution in [0.4, 0.5) is 49.7 Å². The number of pyridine rings is 1. The summed E-state index contributed by atoms with van der Waals surface area (Å²) in [7, 11) is -3.92. The zero-order chi connectivity index (χ0) is 50.4. The average molecular weight is 1020 g/mol. The van der Waals surface area contributed by atoms with Gasteiger partial charge in [0, 0.05) is 52.5 Å². The Labute approximate surface area is 390 Å². The van der Waals surface area contributed by atoms with Crippen molar-refractivity contribution >= 4 is 68.3 Å². The predicted molar refractivity (Wildman–Crippen MR) is 230 cm³/mol. The second-order valence-electron chi connectivity index (χ2n) is 16.0. The number of carbonyl (C=O) groups excluding carboxylic acids is 3. The topological polar surface area (TPSA) is 161 Å². The van der Waals surface area contributed by atoms with Crippen LogP contribution in [-0.2, 0) is 67.8 Å². The molecule has 6 rings (SSSR count). The molecule has 68 heavy (non-hydrogen) atoms. The summed E-state index contributed by atoms with van der Waals surface area (Å²) in [4.78, 5) is 43.0. The highest BCUT2D eigenvalue weighted by Crippen LogP contribution is 2.52. The van der Waals surface area contributed by atoms with E-state index in [0.717, 1.165) is 31.4 Å². The molecule has 4 atom stereocenters. The number of nitrogens with zero attached hydrogens (tertiary/aromatic N) is 6. The maximum absolute atomic E-state index is 15.4. The van der Waals surface area contributed by atoms with Gasteiger partial charge >= 0.3 is 12.4 Å². The van der Waals surface area contributed by atoms with E-state index in [1.54, 1.807) is 0 Å². The van der Waals surface area contributed by atoms with Crippen molar-refractivity contribution in [2.75, 3.05) is 23.4 Å². The van der Waals surface area contributed by atoms with Crippen LogP contribution in [-0.4, -0.2) is 81.2 Å². The van der Waals surface area contributed by atoms with Gasteiger partial charge in [0.2, 0.25) is 12.3 Å². The molecule has 13 nitrogen and oxygen atoms in total. The maximum Gasteiger partial charge on any atom is 0.435 e. The number of nitrogens with one attached hydrogen (secondary N) is 2. The van der Waals surface area contributed by atoms with Crippen LogP contribution in [0.15, 0.2) is 42.5 Å². The van der Waals surface area contributed by atoms with Gasteiger partial charge in [-0.1, -0.05) is 30.5 Å². The van der Waals surface area contributed by atoms with Crippen LogP contribution in [0.25, 0.3) is 22.0 Å². The molecular formula is C42H37ClF10N8O5S2. The van der Waals surface area contributed by atoms with Gasteiger partial charge in [-0.25, -0.2) is 22.3 Å². The summed E-state index contributed by atoms with van der Waals surface area (Å²) < 4.78 is 171. The Morgan fingerprint density at radius 3 is 2.24 bits per heavy atom. The highest BCUT2D eigenvalue weighted by Gasteiger charge is 2.53. The molecule has 26 heteroatoms. The third-order valence-corrected chi connectivity index (χ3v) is 13.3. The van der Waals surface area contributed by atoms with Gasteiger partial charge in [0.1, 0.15) is 51.8 Å². The summed E-state index contributed by atoms with van der Waals surface area (Å²) in [6.07, 6.45) is -9.41. The molecule has 1 aliphatic carbocycles. The van der Waals surface area contributed by atoms with Crippen molar-refractivity contribution in [1.29, 1.82) is 0 Å². The molecule has 2 N–H and O–H groups in total. The summed E-state index contributed by atoms with van der Waals surface area (Å²) in [6, 6.07) is 5.40. The number of rotatable bonds is 14. The van der Waals surface area contributed by atoms with Gasteiger partial charge < -0.3 is 10.6 Å². The van der Waals surface area contributed by atoms with Crippen LogP contribution < -0.4 is 14.9 Å². The Morgan fingerprint density at radius 2 is 1.65 bits per heavy atom. The maximum atomic E-state index is 15.4. The lowest BCUT2D eigenvalue weighted by Crippen LogP contribution is -2.39. The Kier molecular flexibility index (Phi) is 14.6. The largest absolute Gasteiger partial charge is 0.435 e. The van der Waals surface area contributed by atoms with Crippen LogP contribution >= 0.6 is 11.6 Å². The zero-order valence-electron chi connectivity index (χ0n) is 36.0. The van der Waals surface area contributed by atoms with E-state index in [9.17, 15) is 57.9 Å². The van der Waals surface area contributed by atoms with E-state index in [1.165, 1.54) is 38.3 Å². The standard InChI is InChI=1S/C42H37ClF10N8O5S2/c1-21-16-40(46,47)37-32(21)36(42(51,52)53)57-59(37)18-30(63)56-29(14-22-12-23(44)15-24(45)13-22)34-26(7-6-25(55-34)10-11-39(2,3)67(4)65)27-8-9-28(43)33-35(27)60(19-41(48,49)50)58-38(33)61(68(5)66)31(64)17-54-20-62/h6-9,12-13,15,20-21,29H,14,16-19H2,1-5H3,(H,54,62)(H,56,63)/t21-,29?,67?,68?/m0/s1. The normalized spacial score (nSPS) is 16.1. The fourth-order valence-corrected chi connectivity index (χ4v) is 8.76. The molecule has 5 aromatic rings. The fraction of sp³-hybridized carbons (Fsp3) is 0.381. The monoisotopic (exact) mass is 1020 g/mol. The van der Waals surface area contributed by atoms with E-state index >= 15 is 8.78 Å². The summed E-state index contributed by atoms with van der Waals surface area (Å²) >= 11 is 6.62. The van der Waals surface area contributed by atoms with Crippen molar-refractivity contribution in [3.8, 4) is 23.0 Å². The van der Waals surface area contributed by atoms with E-state index in [-0.39, 0.29) is 49.6 Å². The number of carbonyl (C=O) groups is 3. The lowest BCUT2D eigenvalue weighted by atomic mass is 9.93. The van der Waals surface area contributed by atoms with Crippen molar-refractivity contribution in [2.24, 2.45) is 0 Å². The van der Waals surface area contributed by atoms with E-state index in [0.29, 0.717) is 15.1 Å². The van der Waals surface area contributed by atoms with Gasteiger partial charge in [-0.05, 0) is 68.0 Å². The van der Waals surface area contributed by atoms with Gasteiger partial charge in [-0.3, -0.25) is 28.0 Å². The van der Waals surface area contributed by atoms with Gasteiger partial charge in [0.15, 0.2) is 11.5 Å². The molecule has 0 aliphatic heterocycles. The van der Waals surface area contributed by atoms with E-state index in [4.69, 9.17) is 11.6 Å². The van der Waals surface area contributed by atoms with Gasteiger partial charge in [0.05, 0.1) is 34.2 Å². The predicted octanol–water partition coefficient (Wildman–Crippen LogP) is 7.39. The molecule has 3 aromatic heterocycles. The summed E-state index contributed by atoms with van der Waals surface area (Å²) in [5, 5.41) is 11.2. The van der Waals surface area contributed by atoms with Crippen LogP contribution in [0.5, 0.6) is 0 Å². The first kappa shape index (κ1) is 51.5. The summed E-state index contributed by atoms with van der Waals surface area (Å²) in [5.41, 5.74) is -5.21. The number of hydrogen-bond donors (Lipinski definition) is 2. The number of fused-ring (bicyclic) bond motifs is 2. The first-order chi connectivity index (χ1) is 31.5. The lowest BCUT2D eigenvalue weighted by Gasteiger charge is -2.23. The first-order valence-electron chi connectivity index (χ1n) is 19.8. The molecular weight excluding hydrogens is 986 g/mol. The van der Waals surface area contributed by atoms with Crippen LogP contribution in [0.3, 0.4) is 0 Å². The van der Waals surface area contributed by atoms with Crippen molar-refractivity contribution in [3.63, 3.8) is 0 Å². The molecule has 0 saturated heterocycles. The highest BCUT2D eigenvalue weighted by molar-refractivity contribution is 7.86.